The molecule has 4 rings (SSSR count). The molecular formula is C23H27NO3. The Bertz CT molecular complexity index is 833. The third-order valence-electron chi connectivity index (χ3n) is 5.95. The summed E-state index contributed by atoms with van der Waals surface area (Å²) in [6.45, 7) is 1.51. The van der Waals surface area contributed by atoms with Gasteiger partial charge < -0.3 is 19.5 Å². The summed E-state index contributed by atoms with van der Waals surface area (Å²) in [5.41, 5.74) is 3.57. The molecular weight excluding hydrogens is 338 g/mol. The van der Waals surface area contributed by atoms with Crippen LogP contribution in [0.5, 0.6) is 11.5 Å². The highest BCUT2D eigenvalue weighted by Crippen LogP contribution is 2.50. The van der Waals surface area contributed by atoms with E-state index in [1.165, 1.54) is 11.3 Å². The molecule has 2 aromatic carbocycles. The lowest BCUT2D eigenvalue weighted by molar-refractivity contribution is 0.181. The third kappa shape index (κ3) is 3.30. The predicted octanol–water partition coefficient (Wildman–Crippen LogP) is 3.89. The minimum absolute atomic E-state index is 0.0366. The first kappa shape index (κ1) is 17.9. The summed E-state index contributed by atoms with van der Waals surface area (Å²) in [4.78, 5) is 2.27. The van der Waals surface area contributed by atoms with E-state index in [2.05, 4.69) is 36.2 Å². The largest absolute Gasteiger partial charge is 0.493 e. The van der Waals surface area contributed by atoms with Gasteiger partial charge in [-0.15, -0.1) is 0 Å². The molecule has 0 spiro atoms. The number of likely N-dealkylation sites (tertiary alicyclic amines) is 1. The van der Waals surface area contributed by atoms with Crippen LogP contribution < -0.4 is 9.47 Å². The maximum absolute atomic E-state index is 10.1. The van der Waals surface area contributed by atoms with Gasteiger partial charge in [0.2, 0.25) is 0 Å². The molecule has 2 atom stereocenters. The third-order valence-corrected chi connectivity index (χ3v) is 5.95. The first-order valence-electron chi connectivity index (χ1n) is 9.59. The number of allylic oxidation sites excluding steroid dienone is 1. The average molecular weight is 365 g/mol. The molecule has 4 nitrogen and oxygen atoms in total. The number of nitrogens with zero attached hydrogens (tertiary/aromatic N) is 1. The van der Waals surface area contributed by atoms with Crippen LogP contribution in [0.15, 0.2) is 60.3 Å². The quantitative estimate of drug-likeness (QED) is 0.873. The molecule has 142 valence electrons. The van der Waals surface area contributed by atoms with Gasteiger partial charge in [-0.05, 0) is 48.6 Å². The number of likely N-dealkylation sites (N-methyl/N-ethyl adjacent to an activating group) is 1. The van der Waals surface area contributed by atoms with Crippen LogP contribution in [0.4, 0.5) is 0 Å². The van der Waals surface area contributed by atoms with E-state index in [0.29, 0.717) is 6.61 Å². The molecule has 0 radical (unpaired) electrons. The van der Waals surface area contributed by atoms with E-state index in [0.717, 1.165) is 42.9 Å². The molecule has 0 unspecified atom stereocenters. The van der Waals surface area contributed by atoms with Crippen molar-refractivity contribution in [2.24, 2.45) is 0 Å². The van der Waals surface area contributed by atoms with Gasteiger partial charge in [0, 0.05) is 24.7 Å². The number of aliphatic hydroxyl groups is 1. The fraction of sp³-hybridized carbons (Fsp3) is 0.391. The molecule has 4 heteroatoms. The Morgan fingerprint density at radius 2 is 1.93 bits per heavy atom. The van der Waals surface area contributed by atoms with E-state index in [1.54, 1.807) is 7.11 Å². The number of rotatable bonds is 5. The van der Waals surface area contributed by atoms with Crippen molar-refractivity contribution in [3.05, 3.63) is 71.4 Å². The molecule has 0 amide bonds. The van der Waals surface area contributed by atoms with E-state index in [9.17, 15) is 5.11 Å². The van der Waals surface area contributed by atoms with Gasteiger partial charge in [-0.2, -0.15) is 0 Å². The van der Waals surface area contributed by atoms with Gasteiger partial charge in [-0.1, -0.05) is 36.4 Å². The van der Waals surface area contributed by atoms with Crippen LogP contribution in [-0.4, -0.2) is 36.8 Å². The van der Waals surface area contributed by atoms with Gasteiger partial charge in [-0.25, -0.2) is 0 Å². The van der Waals surface area contributed by atoms with Crippen LogP contribution in [0.25, 0.3) is 0 Å². The van der Waals surface area contributed by atoms with Crippen molar-refractivity contribution in [3.63, 3.8) is 0 Å². The van der Waals surface area contributed by atoms with Gasteiger partial charge in [0.1, 0.15) is 6.61 Å². The minimum Gasteiger partial charge on any atom is -0.493 e. The molecule has 1 aliphatic carbocycles. The van der Waals surface area contributed by atoms with E-state index >= 15 is 0 Å². The number of methoxy groups -OCH3 is 1. The number of ether oxygens (including phenoxy) is 2. The lowest BCUT2D eigenvalue weighted by Gasteiger charge is -2.37. The molecule has 1 heterocycles. The Morgan fingerprint density at radius 1 is 1.11 bits per heavy atom. The first-order valence-corrected chi connectivity index (χ1v) is 9.59. The van der Waals surface area contributed by atoms with Crippen molar-refractivity contribution in [3.8, 4) is 11.5 Å². The zero-order chi connectivity index (χ0) is 18.9. The second kappa shape index (κ2) is 7.28. The van der Waals surface area contributed by atoms with Crippen molar-refractivity contribution >= 4 is 0 Å². The molecule has 1 fully saturated rings. The van der Waals surface area contributed by atoms with Gasteiger partial charge in [0.15, 0.2) is 11.5 Å². The van der Waals surface area contributed by atoms with Crippen molar-refractivity contribution in [1.82, 2.24) is 4.90 Å². The molecule has 0 saturated carbocycles. The summed E-state index contributed by atoms with van der Waals surface area (Å²) in [6, 6.07) is 16.4. The molecule has 1 N–H and O–H groups in total. The Kier molecular flexibility index (Phi) is 4.83. The smallest absolute Gasteiger partial charge is 0.161 e. The Balaban J connectivity index is 1.67. The second-order valence-corrected chi connectivity index (χ2v) is 7.55. The van der Waals surface area contributed by atoms with E-state index in [1.807, 2.05) is 30.3 Å². The summed E-state index contributed by atoms with van der Waals surface area (Å²) in [7, 11) is 3.79. The standard InChI is InChI=1S/C23H27NO3/c1-24-13-12-23(11-10-19(25)15-22(23)24)18-8-9-20(26-2)21(14-18)27-16-17-6-4-3-5-7-17/h3-9,14-15,19,25H,10-13,16H2,1-2H3/t19-,23-/m0/s1. The monoisotopic (exact) mass is 365 g/mol. The highest BCUT2D eigenvalue weighted by molar-refractivity contribution is 5.49. The van der Waals surface area contributed by atoms with Crippen LogP contribution >= 0.6 is 0 Å². The molecule has 1 saturated heterocycles. The number of aliphatic hydroxyl groups excluding tert-OH is 1. The summed E-state index contributed by atoms with van der Waals surface area (Å²) in [5, 5.41) is 10.1. The maximum atomic E-state index is 10.1. The molecule has 2 aromatic rings. The van der Waals surface area contributed by atoms with Crippen LogP contribution in [0.2, 0.25) is 0 Å². The summed E-state index contributed by atoms with van der Waals surface area (Å²) in [6.07, 6.45) is 4.50. The fourth-order valence-electron chi connectivity index (χ4n) is 4.43. The van der Waals surface area contributed by atoms with Gasteiger partial charge >= 0.3 is 0 Å². The second-order valence-electron chi connectivity index (χ2n) is 7.55. The van der Waals surface area contributed by atoms with Crippen molar-refractivity contribution in [2.75, 3.05) is 20.7 Å². The van der Waals surface area contributed by atoms with Crippen LogP contribution in [-0.2, 0) is 12.0 Å². The Hall–Kier alpha value is -2.46. The zero-order valence-electron chi connectivity index (χ0n) is 16.0. The number of hydrogen-bond acceptors (Lipinski definition) is 4. The lowest BCUT2D eigenvalue weighted by Crippen LogP contribution is -2.33. The average Bonchev–Trinajstić information content (AvgIpc) is 3.04. The highest BCUT2D eigenvalue weighted by Gasteiger charge is 2.45. The minimum atomic E-state index is -0.347. The SMILES string of the molecule is COc1ccc([C@@]23CC[C@H](O)C=C2N(C)CC3)cc1OCc1ccccc1. The number of benzene rings is 2. The van der Waals surface area contributed by atoms with E-state index in [-0.39, 0.29) is 11.5 Å². The number of fused-ring (bicyclic) bond motifs is 1. The summed E-state index contributed by atoms with van der Waals surface area (Å²) < 4.78 is 11.7. The normalized spacial score (nSPS) is 24.3. The molecule has 0 bridgehead atoms. The maximum Gasteiger partial charge on any atom is 0.161 e. The van der Waals surface area contributed by atoms with Crippen LogP contribution in [0.3, 0.4) is 0 Å². The van der Waals surface area contributed by atoms with Crippen LogP contribution in [0, 0.1) is 0 Å². The lowest BCUT2D eigenvalue weighted by atomic mass is 9.70. The van der Waals surface area contributed by atoms with Gasteiger partial charge in [-0.3, -0.25) is 0 Å². The fourth-order valence-corrected chi connectivity index (χ4v) is 4.43. The van der Waals surface area contributed by atoms with E-state index < -0.39 is 0 Å². The first-order chi connectivity index (χ1) is 13.1. The van der Waals surface area contributed by atoms with Crippen molar-refractivity contribution in [2.45, 2.75) is 37.4 Å². The summed E-state index contributed by atoms with van der Waals surface area (Å²) >= 11 is 0. The highest BCUT2D eigenvalue weighted by atomic mass is 16.5. The topological polar surface area (TPSA) is 41.9 Å². The molecule has 2 aliphatic rings. The van der Waals surface area contributed by atoms with Gasteiger partial charge in [0.05, 0.1) is 13.2 Å². The number of hydrogen-bond donors (Lipinski definition) is 1. The molecule has 0 aromatic heterocycles. The van der Waals surface area contributed by atoms with Gasteiger partial charge in [0.25, 0.3) is 0 Å². The van der Waals surface area contributed by atoms with Crippen molar-refractivity contribution < 1.29 is 14.6 Å². The van der Waals surface area contributed by atoms with Crippen LogP contribution in [0.1, 0.15) is 30.4 Å². The molecule has 27 heavy (non-hydrogen) atoms. The Labute approximate surface area is 161 Å². The van der Waals surface area contributed by atoms with Crippen molar-refractivity contribution in [1.29, 1.82) is 0 Å². The predicted molar refractivity (Wildman–Crippen MR) is 106 cm³/mol. The summed E-state index contributed by atoms with van der Waals surface area (Å²) in [5.74, 6) is 1.52. The van der Waals surface area contributed by atoms with E-state index in [4.69, 9.17) is 9.47 Å². The molecule has 1 aliphatic heterocycles. The zero-order valence-corrected chi connectivity index (χ0v) is 16.0. The Morgan fingerprint density at radius 3 is 2.70 bits per heavy atom.